The smallest absolute Gasteiger partial charge is 0.248 e. The number of amides is 1. The number of nitrogens with two attached hydrogens (primary N) is 1. The number of carbonyl (C=O) groups is 2. The van der Waals surface area contributed by atoms with Crippen LogP contribution in [0.3, 0.4) is 0 Å². The van der Waals surface area contributed by atoms with E-state index in [1.165, 1.54) is 11.3 Å². The molecular weight excluding hydrogens is 322 g/mol. The van der Waals surface area contributed by atoms with Gasteiger partial charge in [0.1, 0.15) is 0 Å². The maximum absolute atomic E-state index is 12.6. The first-order valence-electron chi connectivity index (χ1n) is 7.27. The van der Waals surface area contributed by atoms with E-state index in [-0.39, 0.29) is 5.78 Å². The highest BCUT2D eigenvalue weighted by Crippen LogP contribution is 2.25. The van der Waals surface area contributed by atoms with Crippen molar-refractivity contribution in [2.45, 2.75) is 6.92 Å². The molecule has 0 saturated carbocycles. The van der Waals surface area contributed by atoms with Gasteiger partial charge in [0.15, 0.2) is 5.13 Å². The van der Waals surface area contributed by atoms with Crippen molar-refractivity contribution >= 4 is 33.8 Å². The molecule has 24 heavy (non-hydrogen) atoms. The first-order valence-corrected chi connectivity index (χ1v) is 8.09. The summed E-state index contributed by atoms with van der Waals surface area (Å²) in [6.07, 6.45) is 1.56. The lowest BCUT2D eigenvalue weighted by Crippen LogP contribution is -2.10. The summed E-state index contributed by atoms with van der Waals surface area (Å²) in [4.78, 5) is 28.6. The van der Waals surface area contributed by atoms with E-state index < -0.39 is 5.91 Å². The van der Waals surface area contributed by atoms with E-state index in [0.717, 1.165) is 5.56 Å². The van der Waals surface area contributed by atoms with E-state index in [2.05, 4.69) is 10.3 Å². The predicted octanol–water partition coefficient (Wildman–Crippen LogP) is 3.53. The molecule has 0 saturated heterocycles. The van der Waals surface area contributed by atoms with Gasteiger partial charge in [-0.15, -0.1) is 0 Å². The Morgan fingerprint density at radius 1 is 1.12 bits per heavy atom. The molecule has 120 valence electrons. The molecule has 0 aliphatic carbocycles. The molecule has 0 bridgehead atoms. The minimum Gasteiger partial charge on any atom is -0.366 e. The topological polar surface area (TPSA) is 85.1 Å². The zero-order valence-corrected chi connectivity index (χ0v) is 13.8. The van der Waals surface area contributed by atoms with Crippen LogP contribution < -0.4 is 11.1 Å². The minimum absolute atomic E-state index is 0.0514. The van der Waals surface area contributed by atoms with E-state index in [9.17, 15) is 9.59 Å². The first-order chi connectivity index (χ1) is 11.5. The van der Waals surface area contributed by atoms with Crippen molar-refractivity contribution in [3.63, 3.8) is 0 Å². The van der Waals surface area contributed by atoms with Crippen molar-refractivity contribution in [2.24, 2.45) is 5.73 Å². The Kier molecular flexibility index (Phi) is 4.39. The lowest BCUT2D eigenvalue weighted by atomic mass is 10.0. The first kappa shape index (κ1) is 15.9. The van der Waals surface area contributed by atoms with Gasteiger partial charge in [0, 0.05) is 16.8 Å². The number of hydrogen-bond donors (Lipinski definition) is 2. The third-order valence-electron chi connectivity index (χ3n) is 3.52. The number of anilines is 2. The number of nitrogens with zero attached hydrogens (tertiary/aromatic N) is 1. The SMILES string of the molecule is Cc1ccccc1C(=O)c1cnc(Nc2cccc(C(N)=O)c2)s1. The van der Waals surface area contributed by atoms with Gasteiger partial charge in [-0.2, -0.15) is 0 Å². The molecule has 6 heteroatoms. The molecule has 0 unspecified atom stereocenters. The van der Waals surface area contributed by atoms with Gasteiger partial charge in [-0.3, -0.25) is 9.59 Å². The average Bonchev–Trinajstić information content (AvgIpc) is 3.03. The van der Waals surface area contributed by atoms with Crippen LogP contribution in [0.1, 0.15) is 31.2 Å². The predicted molar refractivity (Wildman–Crippen MR) is 95.0 cm³/mol. The summed E-state index contributed by atoms with van der Waals surface area (Å²) in [6, 6.07) is 14.3. The highest BCUT2D eigenvalue weighted by molar-refractivity contribution is 7.17. The van der Waals surface area contributed by atoms with Crippen molar-refractivity contribution < 1.29 is 9.59 Å². The Morgan fingerprint density at radius 3 is 2.67 bits per heavy atom. The number of primary amides is 1. The molecule has 0 aliphatic heterocycles. The standard InChI is InChI=1S/C18H15N3O2S/c1-11-5-2-3-8-14(11)16(22)15-10-20-18(24-15)21-13-7-4-6-12(9-13)17(19)23/h2-10H,1H3,(H2,19,23)(H,20,21). The van der Waals surface area contributed by atoms with Gasteiger partial charge in [-0.05, 0) is 30.7 Å². The maximum atomic E-state index is 12.6. The van der Waals surface area contributed by atoms with Crippen molar-refractivity contribution in [3.05, 3.63) is 76.3 Å². The van der Waals surface area contributed by atoms with Crippen LogP contribution >= 0.6 is 11.3 Å². The lowest BCUT2D eigenvalue weighted by Gasteiger charge is -2.04. The highest BCUT2D eigenvalue weighted by atomic mass is 32.1. The van der Waals surface area contributed by atoms with Gasteiger partial charge in [0.25, 0.3) is 0 Å². The van der Waals surface area contributed by atoms with Crippen molar-refractivity contribution in [2.75, 3.05) is 5.32 Å². The highest BCUT2D eigenvalue weighted by Gasteiger charge is 2.15. The fourth-order valence-corrected chi connectivity index (χ4v) is 3.06. The van der Waals surface area contributed by atoms with Gasteiger partial charge in [0.05, 0.1) is 11.1 Å². The van der Waals surface area contributed by atoms with Crippen LogP contribution in [0.2, 0.25) is 0 Å². The lowest BCUT2D eigenvalue weighted by molar-refractivity contribution is 0.0998. The number of rotatable bonds is 5. The van der Waals surface area contributed by atoms with Gasteiger partial charge >= 0.3 is 0 Å². The third-order valence-corrected chi connectivity index (χ3v) is 4.43. The number of nitrogens with one attached hydrogen (secondary N) is 1. The largest absolute Gasteiger partial charge is 0.366 e. The number of thiazole rings is 1. The number of ketones is 1. The molecule has 2 aromatic carbocycles. The molecule has 1 aromatic heterocycles. The summed E-state index contributed by atoms with van der Waals surface area (Å²) in [7, 11) is 0. The van der Waals surface area contributed by atoms with E-state index in [1.807, 2.05) is 25.1 Å². The zero-order valence-electron chi connectivity index (χ0n) is 12.9. The molecule has 1 amide bonds. The second kappa shape index (κ2) is 6.64. The van der Waals surface area contributed by atoms with Crippen LogP contribution in [-0.2, 0) is 0 Å². The second-order valence-corrected chi connectivity index (χ2v) is 6.27. The molecule has 3 N–H and O–H groups in total. The fourth-order valence-electron chi connectivity index (χ4n) is 2.27. The Labute approximate surface area is 143 Å². The van der Waals surface area contributed by atoms with Crippen LogP contribution in [0, 0.1) is 6.92 Å². The van der Waals surface area contributed by atoms with Crippen LogP contribution in [0.25, 0.3) is 0 Å². The summed E-state index contributed by atoms with van der Waals surface area (Å²) in [5.74, 6) is -0.544. The van der Waals surface area contributed by atoms with Crippen LogP contribution in [0.4, 0.5) is 10.8 Å². The molecule has 0 spiro atoms. The second-order valence-electron chi connectivity index (χ2n) is 5.24. The van der Waals surface area contributed by atoms with Gasteiger partial charge in [-0.25, -0.2) is 4.98 Å². The van der Waals surface area contributed by atoms with Crippen molar-refractivity contribution in [3.8, 4) is 0 Å². The summed E-state index contributed by atoms with van der Waals surface area (Å²) in [5.41, 5.74) is 7.97. The molecular formula is C18H15N3O2S. The number of aryl methyl sites for hydroxylation is 1. The van der Waals surface area contributed by atoms with E-state index in [1.54, 1.807) is 36.5 Å². The molecule has 5 nitrogen and oxygen atoms in total. The van der Waals surface area contributed by atoms with Gasteiger partial charge in [0.2, 0.25) is 11.7 Å². The maximum Gasteiger partial charge on any atom is 0.248 e. The fraction of sp³-hybridized carbons (Fsp3) is 0.0556. The summed E-state index contributed by atoms with van der Waals surface area (Å²) in [6.45, 7) is 1.91. The Balaban J connectivity index is 1.81. The van der Waals surface area contributed by atoms with Crippen LogP contribution in [-0.4, -0.2) is 16.7 Å². The average molecular weight is 337 g/mol. The van der Waals surface area contributed by atoms with E-state index in [4.69, 9.17) is 5.73 Å². The molecule has 0 fully saturated rings. The molecule has 0 aliphatic rings. The normalized spacial score (nSPS) is 10.4. The minimum atomic E-state index is -0.492. The molecule has 1 heterocycles. The monoisotopic (exact) mass is 337 g/mol. The van der Waals surface area contributed by atoms with Crippen molar-refractivity contribution in [1.82, 2.24) is 4.98 Å². The molecule has 0 radical (unpaired) electrons. The van der Waals surface area contributed by atoms with Crippen LogP contribution in [0.15, 0.2) is 54.7 Å². The summed E-state index contributed by atoms with van der Waals surface area (Å²) in [5, 5.41) is 3.67. The van der Waals surface area contributed by atoms with Gasteiger partial charge < -0.3 is 11.1 Å². The third kappa shape index (κ3) is 3.33. The Bertz CT molecular complexity index is 918. The summed E-state index contributed by atoms with van der Waals surface area (Å²) < 4.78 is 0. The Hall–Kier alpha value is -2.99. The number of hydrogen-bond acceptors (Lipinski definition) is 5. The molecule has 3 rings (SSSR count). The summed E-state index contributed by atoms with van der Waals surface area (Å²) >= 11 is 1.27. The molecule has 3 aromatic rings. The van der Waals surface area contributed by atoms with Crippen LogP contribution in [0.5, 0.6) is 0 Å². The number of aromatic nitrogens is 1. The van der Waals surface area contributed by atoms with Gasteiger partial charge in [-0.1, -0.05) is 41.7 Å². The number of benzene rings is 2. The number of carbonyl (C=O) groups excluding carboxylic acids is 2. The van der Waals surface area contributed by atoms with E-state index in [0.29, 0.717) is 26.8 Å². The van der Waals surface area contributed by atoms with Crippen molar-refractivity contribution in [1.29, 1.82) is 0 Å². The Morgan fingerprint density at radius 2 is 1.92 bits per heavy atom. The quantitative estimate of drug-likeness (QED) is 0.698. The molecule has 0 atom stereocenters. The van der Waals surface area contributed by atoms with E-state index >= 15 is 0 Å². The zero-order chi connectivity index (χ0) is 17.1.